The maximum atomic E-state index is 12.6. The van der Waals surface area contributed by atoms with E-state index in [9.17, 15) is 9.59 Å². The summed E-state index contributed by atoms with van der Waals surface area (Å²) in [6.45, 7) is 0.885. The summed E-state index contributed by atoms with van der Waals surface area (Å²) in [5, 5.41) is 3.08. The third kappa shape index (κ3) is 4.31. The molecule has 0 atom stereocenters. The number of ether oxygens (including phenoxy) is 3. The predicted molar refractivity (Wildman–Crippen MR) is 107 cm³/mol. The van der Waals surface area contributed by atoms with Crippen molar-refractivity contribution in [2.24, 2.45) is 0 Å². The lowest BCUT2D eigenvalue weighted by atomic mass is 10.2. The van der Waals surface area contributed by atoms with Crippen LogP contribution in [0.1, 0.15) is 12.8 Å². The van der Waals surface area contributed by atoms with E-state index in [0.717, 1.165) is 5.69 Å². The smallest absolute Gasteiger partial charge is 0.227 e. The Kier molecular flexibility index (Phi) is 6.26. The Morgan fingerprint density at radius 1 is 1.14 bits per heavy atom. The first kappa shape index (κ1) is 19.8. The largest absolute Gasteiger partial charge is 0.495 e. The first-order chi connectivity index (χ1) is 13.5. The molecule has 2 aromatic rings. The van der Waals surface area contributed by atoms with Crippen molar-refractivity contribution in [2.75, 3.05) is 37.6 Å². The maximum absolute atomic E-state index is 12.6. The highest BCUT2D eigenvalue weighted by Crippen LogP contribution is 2.36. The molecule has 2 amide bonds. The van der Waals surface area contributed by atoms with Crippen LogP contribution in [0.2, 0.25) is 5.02 Å². The zero-order chi connectivity index (χ0) is 20.1. The van der Waals surface area contributed by atoms with Gasteiger partial charge in [-0.2, -0.15) is 0 Å². The van der Waals surface area contributed by atoms with E-state index in [1.807, 2.05) is 24.3 Å². The van der Waals surface area contributed by atoms with Crippen molar-refractivity contribution in [3.8, 4) is 17.2 Å². The second-order valence-corrected chi connectivity index (χ2v) is 6.50. The van der Waals surface area contributed by atoms with Gasteiger partial charge in [0.05, 0.1) is 37.2 Å². The van der Waals surface area contributed by atoms with Crippen molar-refractivity contribution in [2.45, 2.75) is 12.8 Å². The zero-order valence-corrected chi connectivity index (χ0v) is 16.4. The first-order valence-corrected chi connectivity index (χ1v) is 9.15. The summed E-state index contributed by atoms with van der Waals surface area (Å²) in [6.07, 6.45) is 0.109. The number of rotatable bonds is 6. The summed E-state index contributed by atoms with van der Waals surface area (Å²) in [6, 6.07) is 10.5. The number of para-hydroxylation sites is 2. The van der Waals surface area contributed by atoms with Crippen LogP contribution in [0.25, 0.3) is 0 Å². The fourth-order valence-electron chi connectivity index (χ4n) is 2.95. The van der Waals surface area contributed by atoms with Gasteiger partial charge in [-0.15, -0.1) is 0 Å². The molecule has 1 aliphatic heterocycles. The van der Waals surface area contributed by atoms with Gasteiger partial charge in [0.2, 0.25) is 11.8 Å². The summed E-state index contributed by atoms with van der Waals surface area (Å²) in [5.41, 5.74) is 1.14. The second-order valence-electron chi connectivity index (χ2n) is 6.10. The molecule has 0 bridgehead atoms. The average molecular weight is 405 g/mol. The van der Waals surface area contributed by atoms with Crippen LogP contribution in [0.4, 0.5) is 11.4 Å². The number of nitrogens with zero attached hydrogens (tertiary/aromatic N) is 1. The molecular weight excluding hydrogens is 384 g/mol. The number of fused-ring (bicyclic) bond motifs is 1. The molecule has 0 aliphatic carbocycles. The molecule has 2 aromatic carbocycles. The minimum Gasteiger partial charge on any atom is -0.495 e. The average Bonchev–Trinajstić information content (AvgIpc) is 2.71. The van der Waals surface area contributed by atoms with Gasteiger partial charge in [-0.05, 0) is 18.2 Å². The lowest BCUT2D eigenvalue weighted by molar-refractivity contribution is -0.122. The van der Waals surface area contributed by atoms with Crippen LogP contribution in [0.5, 0.6) is 17.2 Å². The number of hydrogen-bond acceptors (Lipinski definition) is 5. The molecular formula is C20H21ClN2O5. The van der Waals surface area contributed by atoms with Crippen LogP contribution in [0.15, 0.2) is 36.4 Å². The lowest BCUT2D eigenvalue weighted by Crippen LogP contribution is -2.38. The quantitative estimate of drug-likeness (QED) is 0.797. The number of carbonyl (C=O) groups excluding carboxylic acids is 2. The number of nitrogens with one attached hydrogen (secondary N) is 1. The fraction of sp³-hybridized carbons (Fsp3) is 0.300. The van der Waals surface area contributed by atoms with Crippen LogP contribution < -0.4 is 24.4 Å². The number of carbonyl (C=O) groups is 2. The first-order valence-electron chi connectivity index (χ1n) is 8.77. The van der Waals surface area contributed by atoms with Crippen LogP contribution in [-0.2, 0) is 9.59 Å². The van der Waals surface area contributed by atoms with Gasteiger partial charge in [0.15, 0.2) is 0 Å². The van der Waals surface area contributed by atoms with Gasteiger partial charge in [-0.1, -0.05) is 23.7 Å². The molecule has 1 heterocycles. The van der Waals surface area contributed by atoms with Gasteiger partial charge in [-0.3, -0.25) is 9.59 Å². The molecule has 0 saturated heterocycles. The topological polar surface area (TPSA) is 77.1 Å². The van der Waals surface area contributed by atoms with Crippen molar-refractivity contribution < 1.29 is 23.8 Å². The van der Waals surface area contributed by atoms with E-state index in [0.29, 0.717) is 41.1 Å². The monoisotopic (exact) mass is 404 g/mol. The Morgan fingerprint density at radius 2 is 1.89 bits per heavy atom. The van der Waals surface area contributed by atoms with Crippen molar-refractivity contribution in [3.05, 3.63) is 41.4 Å². The van der Waals surface area contributed by atoms with Gasteiger partial charge >= 0.3 is 0 Å². The minimum absolute atomic E-state index is 0.0329. The molecule has 8 heteroatoms. The van der Waals surface area contributed by atoms with E-state index < -0.39 is 0 Å². The Hall–Kier alpha value is -2.93. The number of halogens is 1. The summed E-state index contributed by atoms with van der Waals surface area (Å²) < 4.78 is 16.0. The number of anilines is 2. The van der Waals surface area contributed by atoms with Gasteiger partial charge in [-0.25, -0.2) is 0 Å². The van der Waals surface area contributed by atoms with E-state index in [1.165, 1.54) is 14.2 Å². The van der Waals surface area contributed by atoms with Crippen molar-refractivity contribution >= 4 is 34.8 Å². The highest BCUT2D eigenvalue weighted by Gasteiger charge is 2.23. The second kappa shape index (κ2) is 8.84. The Bertz CT molecular complexity index is 887. The van der Waals surface area contributed by atoms with Gasteiger partial charge in [0, 0.05) is 18.9 Å². The van der Waals surface area contributed by atoms with Gasteiger partial charge in [0.25, 0.3) is 0 Å². The molecule has 3 rings (SSSR count). The van der Waals surface area contributed by atoms with Crippen molar-refractivity contribution in [3.63, 3.8) is 0 Å². The van der Waals surface area contributed by atoms with E-state index in [2.05, 4.69) is 5.32 Å². The molecule has 28 heavy (non-hydrogen) atoms. The fourth-order valence-corrected chi connectivity index (χ4v) is 3.20. The van der Waals surface area contributed by atoms with E-state index in [1.54, 1.807) is 17.0 Å². The third-order valence-electron chi connectivity index (χ3n) is 4.34. The van der Waals surface area contributed by atoms with Crippen LogP contribution >= 0.6 is 11.6 Å². The summed E-state index contributed by atoms with van der Waals surface area (Å²) >= 11 is 6.11. The Balaban J connectivity index is 1.62. The Labute approximate surface area is 168 Å². The molecule has 0 fully saturated rings. The molecule has 0 aromatic heterocycles. The molecule has 0 radical (unpaired) electrons. The van der Waals surface area contributed by atoms with E-state index in [4.69, 9.17) is 25.8 Å². The maximum Gasteiger partial charge on any atom is 0.227 e. The number of hydrogen-bond donors (Lipinski definition) is 1. The van der Waals surface area contributed by atoms with Crippen molar-refractivity contribution in [1.82, 2.24) is 0 Å². The Morgan fingerprint density at radius 3 is 2.64 bits per heavy atom. The normalized spacial score (nSPS) is 12.6. The molecule has 7 nitrogen and oxygen atoms in total. The molecule has 0 spiro atoms. The predicted octanol–water partition coefficient (Wildman–Crippen LogP) is 3.50. The van der Waals surface area contributed by atoms with E-state index in [-0.39, 0.29) is 24.7 Å². The van der Waals surface area contributed by atoms with Crippen LogP contribution in [0, 0.1) is 0 Å². The molecule has 148 valence electrons. The van der Waals surface area contributed by atoms with Gasteiger partial charge < -0.3 is 24.4 Å². The summed E-state index contributed by atoms with van der Waals surface area (Å²) in [4.78, 5) is 26.6. The number of methoxy groups -OCH3 is 2. The summed E-state index contributed by atoms with van der Waals surface area (Å²) in [7, 11) is 2.98. The third-order valence-corrected chi connectivity index (χ3v) is 4.64. The molecule has 1 aliphatic rings. The molecule has 1 N–H and O–H groups in total. The zero-order valence-electron chi connectivity index (χ0n) is 15.7. The van der Waals surface area contributed by atoms with E-state index >= 15 is 0 Å². The SMILES string of the molecule is COc1cc(OC)c(NC(=O)CCC(=O)N2CCOc3ccccc32)cc1Cl. The summed E-state index contributed by atoms with van der Waals surface area (Å²) in [5.74, 6) is 1.09. The minimum atomic E-state index is -0.311. The van der Waals surface area contributed by atoms with Crippen LogP contribution in [0.3, 0.4) is 0 Å². The number of benzene rings is 2. The standard InChI is InChI=1S/C20H21ClN2O5/c1-26-17-12-18(27-2)14(11-13(17)21)22-19(24)7-8-20(25)23-9-10-28-16-6-4-3-5-15(16)23/h3-6,11-12H,7-10H2,1-2H3,(H,22,24). The van der Waals surface area contributed by atoms with Crippen molar-refractivity contribution in [1.29, 1.82) is 0 Å². The molecule has 0 unspecified atom stereocenters. The lowest BCUT2D eigenvalue weighted by Gasteiger charge is -2.29. The number of amides is 2. The van der Waals surface area contributed by atoms with Gasteiger partial charge in [0.1, 0.15) is 23.9 Å². The molecule has 0 saturated carbocycles. The van der Waals surface area contributed by atoms with Crippen LogP contribution in [-0.4, -0.2) is 39.2 Å². The highest BCUT2D eigenvalue weighted by atomic mass is 35.5. The highest BCUT2D eigenvalue weighted by molar-refractivity contribution is 6.32.